The molecule has 1 aromatic carbocycles. The lowest BCUT2D eigenvalue weighted by Gasteiger charge is -2.07. The first-order valence-corrected chi connectivity index (χ1v) is 5.94. The van der Waals surface area contributed by atoms with Crippen LogP contribution < -0.4 is 5.73 Å². The molecule has 0 bridgehead atoms. The normalized spacial score (nSPS) is 13.1. The van der Waals surface area contributed by atoms with Gasteiger partial charge < -0.3 is 5.73 Å². The van der Waals surface area contributed by atoms with Crippen LogP contribution >= 0.6 is 0 Å². The summed E-state index contributed by atoms with van der Waals surface area (Å²) in [6.07, 6.45) is 0. The van der Waals surface area contributed by atoms with Gasteiger partial charge in [-0.15, -0.1) is 0 Å². The Hall–Kier alpha value is -1.54. The predicted octanol–water partition coefficient (Wildman–Crippen LogP) is 1.26. The quantitative estimate of drug-likeness (QED) is 0.766. The maximum atomic E-state index is 11.8. The van der Waals surface area contributed by atoms with Crippen LogP contribution in [-0.2, 0) is 9.84 Å². The topological polar surface area (TPSA) is 84.0 Å². The van der Waals surface area contributed by atoms with Crippen LogP contribution in [0.15, 0.2) is 23.1 Å². The molecule has 0 aromatic heterocycles. The number of rotatable bonds is 2. The highest BCUT2D eigenvalue weighted by molar-refractivity contribution is 7.92. The minimum atomic E-state index is -3.54. The van der Waals surface area contributed by atoms with Crippen molar-refractivity contribution in [2.75, 3.05) is 5.73 Å². The van der Waals surface area contributed by atoms with Crippen LogP contribution in [0.4, 0.5) is 5.69 Å². The van der Waals surface area contributed by atoms with Crippen molar-refractivity contribution in [2.45, 2.75) is 24.0 Å². The van der Waals surface area contributed by atoms with E-state index in [1.165, 1.54) is 25.1 Å². The molecule has 0 saturated heterocycles. The molecule has 2 N–H and O–H groups in total. The van der Waals surface area contributed by atoms with Crippen molar-refractivity contribution in [1.29, 1.82) is 5.26 Å². The van der Waals surface area contributed by atoms with Gasteiger partial charge in [0.2, 0.25) is 0 Å². The molecule has 4 nitrogen and oxygen atoms in total. The Morgan fingerprint density at radius 2 is 2.07 bits per heavy atom. The molecule has 0 aliphatic rings. The standard InChI is InChI=1S/C10H12N2O2S/c1-7-5-9(3-4-10(7)12)15(13,14)8(2)6-11/h3-5,8H,12H2,1-2H3. The summed E-state index contributed by atoms with van der Waals surface area (Å²) < 4.78 is 23.5. The van der Waals surface area contributed by atoms with E-state index in [1.807, 2.05) is 0 Å². The van der Waals surface area contributed by atoms with E-state index in [1.54, 1.807) is 13.0 Å². The van der Waals surface area contributed by atoms with E-state index in [4.69, 9.17) is 11.0 Å². The summed E-state index contributed by atoms with van der Waals surface area (Å²) in [4.78, 5) is 0.142. The van der Waals surface area contributed by atoms with Crippen molar-refractivity contribution < 1.29 is 8.42 Å². The number of nitrogens with two attached hydrogens (primary N) is 1. The molecule has 80 valence electrons. The molecule has 0 aliphatic heterocycles. The monoisotopic (exact) mass is 224 g/mol. The molecule has 1 unspecified atom stereocenters. The number of anilines is 1. The lowest BCUT2D eigenvalue weighted by atomic mass is 10.2. The average molecular weight is 224 g/mol. The number of hydrogen-bond acceptors (Lipinski definition) is 4. The highest BCUT2D eigenvalue weighted by atomic mass is 32.2. The van der Waals surface area contributed by atoms with Gasteiger partial charge >= 0.3 is 0 Å². The first-order chi connectivity index (χ1) is 6.89. The van der Waals surface area contributed by atoms with Crippen molar-refractivity contribution in [2.24, 2.45) is 0 Å². The van der Waals surface area contributed by atoms with Crippen LogP contribution in [0.5, 0.6) is 0 Å². The van der Waals surface area contributed by atoms with Gasteiger partial charge in [-0.3, -0.25) is 0 Å². The fourth-order valence-corrected chi connectivity index (χ4v) is 2.24. The van der Waals surface area contributed by atoms with E-state index in [-0.39, 0.29) is 4.90 Å². The third-order valence-corrected chi connectivity index (χ3v) is 4.16. The van der Waals surface area contributed by atoms with Crippen LogP contribution in [0.3, 0.4) is 0 Å². The number of nitrogens with zero attached hydrogens (tertiary/aromatic N) is 1. The van der Waals surface area contributed by atoms with E-state index in [0.29, 0.717) is 11.3 Å². The molecule has 0 saturated carbocycles. The number of aryl methyl sites for hydroxylation is 1. The Labute approximate surface area is 89.2 Å². The molecule has 0 fully saturated rings. The second-order valence-corrected chi connectivity index (χ2v) is 5.60. The van der Waals surface area contributed by atoms with Gasteiger partial charge in [0.15, 0.2) is 9.84 Å². The molecule has 0 amide bonds. The lowest BCUT2D eigenvalue weighted by molar-refractivity contribution is 0.592. The summed E-state index contributed by atoms with van der Waals surface area (Å²) in [5.74, 6) is 0. The number of nitriles is 1. The first kappa shape index (κ1) is 11.5. The third kappa shape index (κ3) is 2.10. The summed E-state index contributed by atoms with van der Waals surface area (Å²) >= 11 is 0. The van der Waals surface area contributed by atoms with Crippen molar-refractivity contribution >= 4 is 15.5 Å². The Morgan fingerprint density at radius 3 is 2.53 bits per heavy atom. The fourth-order valence-electron chi connectivity index (χ4n) is 1.10. The van der Waals surface area contributed by atoms with E-state index in [0.717, 1.165) is 0 Å². The number of hydrogen-bond donors (Lipinski definition) is 1. The zero-order valence-electron chi connectivity index (χ0n) is 8.56. The lowest BCUT2D eigenvalue weighted by Crippen LogP contribution is -2.16. The number of nitrogen functional groups attached to an aromatic ring is 1. The molecule has 0 radical (unpaired) electrons. The molecule has 5 heteroatoms. The minimum Gasteiger partial charge on any atom is -0.399 e. The number of sulfone groups is 1. The van der Waals surface area contributed by atoms with E-state index >= 15 is 0 Å². The van der Waals surface area contributed by atoms with Crippen LogP contribution in [0.2, 0.25) is 0 Å². The van der Waals surface area contributed by atoms with Crippen LogP contribution in [-0.4, -0.2) is 13.7 Å². The molecule has 0 aliphatic carbocycles. The maximum absolute atomic E-state index is 11.8. The van der Waals surface area contributed by atoms with Gasteiger partial charge in [0, 0.05) is 5.69 Å². The van der Waals surface area contributed by atoms with Crippen molar-refractivity contribution in [3.8, 4) is 6.07 Å². The van der Waals surface area contributed by atoms with Gasteiger partial charge in [0.05, 0.1) is 11.0 Å². The second-order valence-electron chi connectivity index (χ2n) is 3.33. The van der Waals surface area contributed by atoms with Gasteiger partial charge in [0.25, 0.3) is 0 Å². The summed E-state index contributed by atoms with van der Waals surface area (Å²) in [5, 5.41) is 7.56. The first-order valence-electron chi connectivity index (χ1n) is 4.39. The average Bonchev–Trinajstić information content (AvgIpc) is 2.20. The van der Waals surface area contributed by atoms with Gasteiger partial charge in [0.1, 0.15) is 5.25 Å². The van der Waals surface area contributed by atoms with Gasteiger partial charge in [-0.1, -0.05) is 0 Å². The smallest absolute Gasteiger partial charge is 0.194 e. The van der Waals surface area contributed by atoms with Crippen LogP contribution in [0.25, 0.3) is 0 Å². The van der Waals surface area contributed by atoms with Crippen molar-refractivity contribution in [3.63, 3.8) is 0 Å². The van der Waals surface area contributed by atoms with Gasteiger partial charge in [-0.05, 0) is 37.6 Å². The summed E-state index contributed by atoms with van der Waals surface area (Å²) in [5.41, 5.74) is 6.82. The maximum Gasteiger partial charge on any atom is 0.194 e. The number of benzene rings is 1. The predicted molar refractivity (Wildman–Crippen MR) is 57.9 cm³/mol. The molecule has 1 rings (SSSR count). The SMILES string of the molecule is Cc1cc(S(=O)(=O)C(C)C#N)ccc1N. The Kier molecular flexibility index (Phi) is 3.01. The largest absolute Gasteiger partial charge is 0.399 e. The fraction of sp³-hybridized carbons (Fsp3) is 0.300. The third-order valence-electron chi connectivity index (χ3n) is 2.22. The summed E-state index contributed by atoms with van der Waals surface area (Å²) in [6, 6.07) is 6.16. The summed E-state index contributed by atoms with van der Waals surface area (Å²) in [6.45, 7) is 3.09. The molecule has 15 heavy (non-hydrogen) atoms. The molecule has 1 atom stereocenters. The Bertz CT molecular complexity index is 515. The van der Waals surface area contributed by atoms with E-state index in [9.17, 15) is 8.42 Å². The van der Waals surface area contributed by atoms with E-state index in [2.05, 4.69) is 0 Å². The van der Waals surface area contributed by atoms with Crippen molar-refractivity contribution in [1.82, 2.24) is 0 Å². The van der Waals surface area contributed by atoms with Gasteiger partial charge in [-0.25, -0.2) is 8.42 Å². The second kappa shape index (κ2) is 3.91. The Morgan fingerprint density at radius 1 is 1.47 bits per heavy atom. The van der Waals surface area contributed by atoms with E-state index < -0.39 is 15.1 Å². The molecule has 0 spiro atoms. The zero-order valence-corrected chi connectivity index (χ0v) is 9.38. The molecular formula is C10H12N2O2S. The van der Waals surface area contributed by atoms with Crippen molar-refractivity contribution in [3.05, 3.63) is 23.8 Å². The molecule has 0 heterocycles. The highest BCUT2D eigenvalue weighted by Crippen LogP contribution is 2.20. The Balaban J connectivity index is 3.30. The van der Waals surface area contributed by atoms with Gasteiger partial charge in [-0.2, -0.15) is 5.26 Å². The van der Waals surface area contributed by atoms with Crippen LogP contribution in [0.1, 0.15) is 12.5 Å². The highest BCUT2D eigenvalue weighted by Gasteiger charge is 2.22. The van der Waals surface area contributed by atoms with Crippen LogP contribution in [0, 0.1) is 18.3 Å². The summed E-state index contributed by atoms with van der Waals surface area (Å²) in [7, 11) is -3.54. The molecule has 1 aromatic rings. The minimum absolute atomic E-state index is 0.142. The zero-order chi connectivity index (χ0) is 11.6. The molecular weight excluding hydrogens is 212 g/mol.